The van der Waals surface area contributed by atoms with E-state index < -0.39 is 29.5 Å². The molecule has 1 aromatic heterocycles. The average Bonchev–Trinajstić information content (AvgIpc) is 2.69. The van der Waals surface area contributed by atoms with E-state index in [1.807, 2.05) is 6.26 Å². The second-order valence-electron chi connectivity index (χ2n) is 5.92. The molecular formula is C19H22N2O6S. The van der Waals surface area contributed by atoms with Crippen LogP contribution in [0.3, 0.4) is 0 Å². The van der Waals surface area contributed by atoms with Crippen molar-refractivity contribution in [3.05, 3.63) is 46.3 Å². The molecule has 1 heterocycles. The van der Waals surface area contributed by atoms with Crippen LogP contribution >= 0.6 is 11.8 Å². The number of amides is 2. The highest BCUT2D eigenvalue weighted by Crippen LogP contribution is 2.12. The zero-order valence-electron chi connectivity index (χ0n) is 15.7. The Balaban J connectivity index is 1.90. The molecule has 9 heteroatoms. The lowest BCUT2D eigenvalue weighted by Gasteiger charge is -2.16. The lowest BCUT2D eigenvalue weighted by molar-refractivity contribution is -0.145. The highest BCUT2D eigenvalue weighted by Gasteiger charge is 2.21. The number of para-hydroxylation sites is 1. The van der Waals surface area contributed by atoms with Gasteiger partial charge in [0.2, 0.25) is 5.91 Å². The molecule has 2 N–H and O–H groups in total. The van der Waals surface area contributed by atoms with Crippen LogP contribution in [0.25, 0.3) is 11.0 Å². The molecule has 0 bridgehead atoms. The topological polar surface area (TPSA) is 115 Å². The Morgan fingerprint density at radius 3 is 2.71 bits per heavy atom. The minimum atomic E-state index is -0.747. The number of carbonyl (C=O) groups is 3. The molecule has 0 spiro atoms. The number of thioether (sulfide) groups is 1. The Kier molecular flexibility index (Phi) is 8.06. The van der Waals surface area contributed by atoms with Gasteiger partial charge in [0.25, 0.3) is 5.91 Å². The fraction of sp³-hybridized carbons (Fsp3) is 0.368. The van der Waals surface area contributed by atoms with Crippen molar-refractivity contribution >= 4 is 40.5 Å². The van der Waals surface area contributed by atoms with E-state index in [0.29, 0.717) is 23.1 Å². The Morgan fingerprint density at radius 1 is 1.25 bits per heavy atom. The van der Waals surface area contributed by atoms with Gasteiger partial charge in [-0.25, -0.2) is 9.59 Å². The van der Waals surface area contributed by atoms with E-state index in [1.54, 1.807) is 36.0 Å². The molecule has 150 valence electrons. The van der Waals surface area contributed by atoms with Gasteiger partial charge in [-0.05, 0) is 30.6 Å². The summed E-state index contributed by atoms with van der Waals surface area (Å²) in [5.74, 6) is -0.851. The van der Waals surface area contributed by atoms with E-state index >= 15 is 0 Å². The summed E-state index contributed by atoms with van der Waals surface area (Å²) >= 11 is 1.55. The predicted molar refractivity (Wildman–Crippen MR) is 106 cm³/mol. The van der Waals surface area contributed by atoms with Gasteiger partial charge in [0.1, 0.15) is 17.2 Å². The molecule has 1 atom stereocenters. The van der Waals surface area contributed by atoms with Crippen molar-refractivity contribution in [2.24, 2.45) is 0 Å². The summed E-state index contributed by atoms with van der Waals surface area (Å²) in [7, 11) is 1.26. The summed E-state index contributed by atoms with van der Waals surface area (Å²) in [5, 5.41) is 5.73. The number of benzene rings is 1. The number of fused-ring (bicyclic) bond motifs is 1. The van der Waals surface area contributed by atoms with Crippen molar-refractivity contribution in [3.8, 4) is 0 Å². The minimum absolute atomic E-state index is 0.00730. The maximum Gasteiger partial charge on any atom is 0.349 e. The number of nitrogens with one attached hydrogen (secondary N) is 2. The van der Waals surface area contributed by atoms with Crippen LogP contribution in [0, 0.1) is 0 Å². The fourth-order valence-corrected chi connectivity index (χ4v) is 2.97. The first kappa shape index (κ1) is 21.5. The smallest absolute Gasteiger partial charge is 0.349 e. The number of esters is 1. The van der Waals surface area contributed by atoms with Crippen LogP contribution in [-0.4, -0.2) is 49.5 Å². The SMILES string of the molecule is COC(=O)C(CCSC)NC(=O)CCNC(=O)c1cc2ccccc2oc1=O. The first-order valence-corrected chi connectivity index (χ1v) is 10.0. The van der Waals surface area contributed by atoms with Gasteiger partial charge in [-0.15, -0.1) is 0 Å². The van der Waals surface area contributed by atoms with Crippen LogP contribution in [0.2, 0.25) is 0 Å². The van der Waals surface area contributed by atoms with Gasteiger partial charge in [0.15, 0.2) is 0 Å². The van der Waals surface area contributed by atoms with E-state index in [1.165, 1.54) is 13.2 Å². The zero-order chi connectivity index (χ0) is 20.5. The van der Waals surface area contributed by atoms with Crippen LogP contribution in [0.15, 0.2) is 39.5 Å². The molecule has 0 aliphatic carbocycles. The van der Waals surface area contributed by atoms with Gasteiger partial charge in [-0.1, -0.05) is 18.2 Å². The normalized spacial score (nSPS) is 11.6. The van der Waals surface area contributed by atoms with Crippen LogP contribution in [0.4, 0.5) is 0 Å². The number of ether oxygens (including phenoxy) is 1. The van der Waals surface area contributed by atoms with Crippen molar-refractivity contribution in [1.29, 1.82) is 0 Å². The van der Waals surface area contributed by atoms with Crippen molar-refractivity contribution in [2.45, 2.75) is 18.9 Å². The number of hydrogen-bond donors (Lipinski definition) is 2. The lowest BCUT2D eigenvalue weighted by atomic mass is 10.2. The van der Waals surface area contributed by atoms with Crippen molar-refractivity contribution < 1.29 is 23.5 Å². The zero-order valence-corrected chi connectivity index (χ0v) is 16.5. The highest BCUT2D eigenvalue weighted by molar-refractivity contribution is 7.98. The quantitative estimate of drug-likeness (QED) is 0.477. The molecule has 1 unspecified atom stereocenters. The molecule has 2 rings (SSSR count). The van der Waals surface area contributed by atoms with Crippen molar-refractivity contribution in [2.75, 3.05) is 25.7 Å². The number of methoxy groups -OCH3 is 1. The van der Waals surface area contributed by atoms with Crippen LogP contribution < -0.4 is 16.3 Å². The predicted octanol–water partition coefficient (Wildman–Crippen LogP) is 1.32. The summed E-state index contributed by atoms with van der Waals surface area (Å²) in [4.78, 5) is 47.9. The largest absolute Gasteiger partial charge is 0.467 e. The first-order valence-electron chi connectivity index (χ1n) is 8.63. The Labute approximate surface area is 166 Å². The van der Waals surface area contributed by atoms with Gasteiger partial charge >= 0.3 is 11.6 Å². The maximum atomic E-state index is 12.2. The monoisotopic (exact) mass is 406 g/mol. The Morgan fingerprint density at radius 2 is 2.00 bits per heavy atom. The summed E-state index contributed by atoms with van der Waals surface area (Å²) in [5.41, 5.74) is -0.488. The molecular weight excluding hydrogens is 384 g/mol. The highest BCUT2D eigenvalue weighted by atomic mass is 32.2. The second kappa shape index (κ2) is 10.5. The molecule has 0 fully saturated rings. The third-order valence-corrected chi connectivity index (χ3v) is 4.60. The van der Waals surface area contributed by atoms with Crippen molar-refractivity contribution in [3.63, 3.8) is 0 Å². The molecule has 2 amide bonds. The van der Waals surface area contributed by atoms with Gasteiger partial charge < -0.3 is 19.8 Å². The summed E-state index contributed by atoms with van der Waals surface area (Å²) < 4.78 is 9.80. The molecule has 0 radical (unpaired) electrons. The fourth-order valence-electron chi connectivity index (χ4n) is 2.50. The molecule has 0 saturated heterocycles. The van der Waals surface area contributed by atoms with Gasteiger partial charge in [-0.3, -0.25) is 9.59 Å². The van der Waals surface area contributed by atoms with E-state index in [9.17, 15) is 19.2 Å². The van der Waals surface area contributed by atoms with Crippen LogP contribution in [-0.2, 0) is 14.3 Å². The number of hydrogen-bond acceptors (Lipinski definition) is 7. The molecule has 0 aliphatic heterocycles. The van der Waals surface area contributed by atoms with Crippen molar-refractivity contribution in [1.82, 2.24) is 10.6 Å². The molecule has 0 aliphatic rings. The van der Waals surface area contributed by atoms with Crippen LogP contribution in [0.5, 0.6) is 0 Å². The second-order valence-corrected chi connectivity index (χ2v) is 6.90. The molecule has 1 aromatic carbocycles. The van der Waals surface area contributed by atoms with Gasteiger partial charge in [0, 0.05) is 18.4 Å². The average molecular weight is 406 g/mol. The molecule has 2 aromatic rings. The van der Waals surface area contributed by atoms with E-state index in [4.69, 9.17) is 4.42 Å². The number of rotatable bonds is 9. The standard InChI is InChI=1S/C19H22N2O6S/c1-26-19(25)14(8-10-28-2)21-16(22)7-9-20-17(23)13-11-12-5-3-4-6-15(12)27-18(13)24/h3-6,11,14H,7-10H2,1-2H3,(H,20,23)(H,21,22). The van der Waals surface area contributed by atoms with E-state index in [0.717, 1.165) is 0 Å². The van der Waals surface area contributed by atoms with Crippen LogP contribution in [0.1, 0.15) is 23.2 Å². The maximum absolute atomic E-state index is 12.2. The van der Waals surface area contributed by atoms with E-state index in [2.05, 4.69) is 15.4 Å². The number of carbonyl (C=O) groups excluding carboxylic acids is 3. The molecule has 28 heavy (non-hydrogen) atoms. The van der Waals surface area contributed by atoms with Gasteiger partial charge in [-0.2, -0.15) is 11.8 Å². The Hall–Kier alpha value is -2.81. The summed E-state index contributed by atoms with van der Waals surface area (Å²) in [6, 6.07) is 7.58. The summed E-state index contributed by atoms with van der Waals surface area (Å²) in [6.45, 7) is 0.00730. The third kappa shape index (κ3) is 5.85. The molecule has 8 nitrogen and oxygen atoms in total. The lowest BCUT2D eigenvalue weighted by Crippen LogP contribution is -2.43. The first-order chi connectivity index (χ1) is 13.5. The van der Waals surface area contributed by atoms with Gasteiger partial charge in [0.05, 0.1) is 7.11 Å². The minimum Gasteiger partial charge on any atom is -0.467 e. The Bertz CT molecular complexity index is 911. The summed E-state index contributed by atoms with van der Waals surface area (Å²) in [6.07, 6.45) is 2.30. The third-order valence-electron chi connectivity index (χ3n) is 3.96. The molecule has 0 saturated carbocycles. The van der Waals surface area contributed by atoms with E-state index in [-0.39, 0.29) is 18.5 Å².